The molecule has 2 heterocycles. The number of rotatable bonds is 4. The first kappa shape index (κ1) is 15.5. The van der Waals surface area contributed by atoms with Gasteiger partial charge in [-0.1, -0.05) is 6.07 Å². The fraction of sp³-hybridized carbons (Fsp3) is 0.500. The van der Waals surface area contributed by atoms with Crippen LogP contribution in [-0.2, 0) is 16.4 Å². The highest BCUT2D eigenvalue weighted by Gasteiger charge is 2.33. The summed E-state index contributed by atoms with van der Waals surface area (Å²) in [5.74, 6) is 0.146. The summed E-state index contributed by atoms with van der Waals surface area (Å²) >= 11 is 0. The Morgan fingerprint density at radius 1 is 1.32 bits per heavy atom. The van der Waals surface area contributed by atoms with Gasteiger partial charge in [-0.15, -0.1) is 0 Å². The van der Waals surface area contributed by atoms with Gasteiger partial charge in [0.2, 0.25) is 10.0 Å². The van der Waals surface area contributed by atoms with Gasteiger partial charge in [0.05, 0.1) is 5.25 Å². The second-order valence-electron chi connectivity index (χ2n) is 6.37. The zero-order valence-corrected chi connectivity index (χ0v) is 13.6. The Balaban J connectivity index is 1.83. The van der Waals surface area contributed by atoms with E-state index in [1.54, 1.807) is 0 Å². The Morgan fingerprint density at radius 2 is 2.05 bits per heavy atom. The van der Waals surface area contributed by atoms with Crippen molar-refractivity contribution in [2.45, 2.75) is 24.5 Å². The number of primary sulfonamides is 1. The summed E-state index contributed by atoms with van der Waals surface area (Å²) in [5, 5.41) is 6.16. The number of nitrogens with one attached hydrogen (secondary N) is 1. The Morgan fingerprint density at radius 3 is 2.73 bits per heavy atom. The minimum atomic E-state index is -3.55. The van der Waals surface area contributed by atoms with E-state index in [0.29, 0.717) is 6.42 Å². The van der Waals surface area contributed by atoms with Crippen LogP contribution < -0.4 is 5.14 Å². The van der Waals surface area contributed by atoms with Crippen LogP contribution in [0.15, 0.2) is 30.5 Å². The molecule has 1 aliphatic rings. The summed E-state index contributed by atoms with van der Waals surface area (Å²) in [7, 11) is -1.48. The molecule has 1 saturated heterocycles. The minimum absolute atomic E-state index is 0.146. The lowest BCUT2D eigenvalue weighted by Crippen LogP contribution is -2.42. The van der Waals surface area contributed by atoms with Crippen LogP contribution in [0.4, 0.5) is 0 Å². The molecule has 3 N–H and O–H groups in total. The van der Waals surface area contributed by atoms with Gasteiger partial charge in [-0.25, -0.2) is 13.6 Å². The molecule has 1 aromatic heterocycles. The largest absolute Gasteiger partial charge is 0.361 e. The molecule has 1 fully saturated rings. The van der Waals surface area contributed by atoms with Gasteiger partial charge in [0.1, 0.15) is 0 Å². The summed E-state index contributed by atoms with van der Waals surface area (Å²) < 4.78 is 24.2. The van der Waals surface area contributed by atoms with Crippen molar-refractivity contribution in [1.82, 2.24) is 9.88 Å². The van der Waals surface area contributed by atoms with Crippen molar-refractivity contribution in [2.75, 3.05) is 20.1 Å². The highest BCUT2D eigenvalue weighted by atomic mass is 32.2. The fourth-order valence-electron chi connectivity index (χ4n) is 3.41. The predicted molar refractivity (Wildman–Crippen MR) is 89.1 cm³/mol. The second-order valence-corrected chi connectivity index (χ2v) is 8.16. The number of fused-ring (bicyclic) bond motifs is 1. The quantitative estimate of drug-likeness (QED) is 0.900. The molecule has 0 radical (unpaired) electrons. The van der Waals surface area contributed by atoms with Gasteiger partial charge in [0.15, 0.2) is 0 Å². The number of hydrogen-bond donors (Lipinski definition) is 2. The molecule has 1 unspecified atom stereocenters. The molecule has 0 spiro atoms. The van der Waals surface area contributed by atoms with Gasteiger partial charge in [-0.2, -0.15) is 0 Å². The number of H-pyrrole nitrogens is 1. The fourth-order valence-corrected chi connectivity index (χ4v) is 4.65. The second kappa shape index (κ2) is 6.02. The van der Waals surface area contributed by atoms with Crippen molar-refractivity contribution in [2.24, 2.45) is 11.1 Å². The standard InChI is InChI=1S/C16H23N3O2S/c1-19-8-5-13(6-9-19)16(22(17,20)21)11-12-2-3-15-14(10-12)4-7-18-15/h2-4,7,10,13,16,18H,5-6,8-9,11H2,1H3,(H2,17,20,21). The minimum Gasteiger partial charge on any atom is -0.361 e. The van der Waals surface area contributed by atoms with Gasteiger partial charge in [-0.3, -0.25) is 0 Å². The molecule has 1 atom stereocenters. The first-order valence-electron chi connectivity index (χ1n) is 7.69. The zero-order valence-electron chi connectivity index (χ0n) is 12.8. The third-order valence-corrected chi connectivity index (χ3v) is 6.16. The summed E-state index contributed by atoms with van der Waals surface area (Å²) in [6.45, 7) is 1.88. The molecule has 3 rings (SSSR count). The first-order valence-corrected chi connectivity index (χ1v) is 9.30. The molecule has 0 saturated carbocycles. The van der Waals surface area contributed by atoms with Crippen molar-refractivity contribution in [3.05, 3.63) is 36.0 Å². The van der Waals surface area contributed by atoms with Gasteiger partial charge >= 0.3 is 0 Å². The van der Waals surface area contributed by atoms with Crippen molar-refractivity contribution in [1.29, 1.82) is 0 Å². The van der Waals surface area contributed by atoms with E-state index in [1.807, 2.05) is 24.4 Å². The molecule has 22 heavy (non-hydrogen) atoms. The SMILES string of the molecule is CN1CCC(C(Cc2ccc3[nH]ccc3c2)S(N)(=O)=O)CC1. The van der Waals surface area contributed by atoms with Gasteiger partial charge in [0.25, 0.3) is 0 Å². The summed E-state index contributed by atoms with van der Waals surface area (Å²) in [6, 6.07) is 8.05. The van der Waals surface area contributed by atoms with Crippen molar-refractivity contribution in [3.8, 4) is 0 Å². The van der Waals surface area contributed by atoms with Crippen LogP contribution in [-0.4, -0.2) is 43.7 Å². The first-order chi connectivity index (χ1) is 10.4. The number of piperidine rings is 1. The van der Waals surface area contributed by atoms with Crippen molar-refractivity contribution < 1.29 is 8.42 Å². The van der Waals surface area contributed by atoms with E-state index in [9.17, 15) is 8.42 Å². The maximum absolute atomic E-state index is 12.1. The number of hydrogen-bond acceptors (Lipinski definition) is 3. The maximum Gasteiger partial charge on any atom is 0.212 e. The Labute approximate surface area is 131 Å². The molecular formula is C16H23N3O2S. The number of nitrogens with zero attached hydrogens (tertiary/aromatic N) is 1. The number of nitrogens with two attached hydrogens (primary N) is 1. The van der Waals surface area contributed by atoms with E-state index >= 15 is 0 Å². The van der Waals surface area contributed by atoms with Crippen LogP contribution in [0, 0.1) is 5.92 Å². The average Bonchev–Trinajstić information content (AvgIpc) is 2.92. The molecule has 120 valence electrons. The van der Waals surface area contributed by atoms with E-state index in [2.05, 4.69) is 23.0 Å². The van der Waals surface area contributed by atoms with Crippen LogP contribution >= 0.6 is 0 Å². The Bertz CT molecular complexity index is 746. The van der Waals surface area contributed by atoms with E-state index < -0.39 is 15.3 Å². The molecule has 1 aromatic carbocycles. The number of likely N-dealkylation sites (tertiary alicyclic amines) is 1. The van der Waals surface area contributed by atoms with Crippen molar-refractivity contribution >= 4 is 20.9 Å². The number of sulfonamides is 1. The Hall–Kier alpha value is -1.37. The highest BCUT2D eigenvalue weighted by Crippen LogP contribution is 2.27. The van der Waals surface area contributed by atoms with Crippen LogP contribution in [0.3, 0.4) is 0 Å². The predicted octanol–water partition coefficient (Wildman–Crippen LogP) is 1.71. The molecule has 0 amide bonds. The third-order valence-electron chi connectivity index (χ3n) is 4.77. The van der Waals surface area contributed by atoms with Gasteiger partial charge in [-0.05, 0) is 74.5 Å². The molecule has 0 aliphatic carbocycles. The van der Waals surface area contributed by atoms with Gasteiger partial charge in [0, 0.05) is 11.7 Å². The third kappa shape index (κ3) is 3.34. The molecular weight excluding hydrogens is 298 g/mol. The van der Waals surface area contributed by atoms with Crippen LogP contribution in [0.1, 0.15) is 18.4 Å². The van der Waals surface area contributed by atoms with Crippen molar-refractivity contribution in [3.63, 3.8) is 0 Å². The van der Waals surface area contributed by atoms with Crippen LogP contribution in [0.25, 0.3) is 10.9 Å². The Kier molecular flexibility index (Phi) is 4.25. The average molecular weight is 321 g/mol. The van der Waals surface area contributed by atoms with E-state index in [4.69, 9.17) is 5.14 Å². The molecule has 0 bridgehead atoms. The normalized spacial score (nSPS) is 19.5. The van der Waals surface area contributed by atoms with Crippen LogP contribution in [0.2, 0.25) is 0 Å². The van der Waals surface area contributed by atoms with Gasteiger partial charge < -0.3 is 9.88 Å². The monoisotopic (exact) mass is 321 g/mol. The topological polar surface area (TPSA) is 79.2 Å². The summed E-state index contributed by atoms with van der Waals surface area (Å²) in [4.78, 5) is 5.39. The molecule has 1 aliphatic heterocycles. The van der Waals surface area contributed by atoms with E-state index in [1.165, 1.54) is 0 Å². The summed E-state index contributed by atoms with van der Waals surface area (Å²) in [5.41, 5.74) is 2.10. The number of benzene rings is 1. The number of aromatic nitrogens is 1. The smallest absolute Gasteiger partial charge is 0.212 e. The summed E-state index contributed by atoms with van der Waals surface area (Å²) in [6.07, 6.45) is 4.17. The highest BCUT2D eigenvalue weighted by molar-refractivity contribution is 7.89. The lowest BCUT2D eigenvalue weighted by molar-refractivity contribution is 0.213. The number of aromatic amines is 1. The molecule has 2 aromatic rings. The van der Waals surface area contributed by atoms with Crippen LogP contribution in [0.5, 0.6) is 0 Å². The zero-order chi connectivity index (χ0) is 15.7. The lowest BCUT2D eigenvalue weighted by Gasteiger charge is -2.33. The van der Waals surface area contributed by atoms with E-state index in [0.717, 1.165) is 42.4 Å². The van der Waals surface area contributed by atoms with E-state index in [-0.39, 0.29) is 5.92 Å². The molecule has 6 heteroatoms. The maximum atomic E-state index is 12.1. The molecule has 5 nitrogen and oxygen atoms in total. The lowest BCUT2D eigenvalue weighted by atomic mass is 9.90.